The van der Waals surface area contributed by atoms with Gasteiger partial charge < -0.3 is 15.4 Å². The summed E-state index contributed by atoms with van der Waals surface area (Å²) in [7, 11) is 3.56. The van der Waals surface area contributed by atoms with Gasteiger partial charge in [-0.1, -0.05) is 0 Å². The molecule has 1 aromatic heterocycles. The van der Waals surface area contributed by atoms with Crippen molar-refractivity contribution in [1.29, 1.82) is 0 Å². The minimum atomic E-state index is 0. The Morgan fingerprint density at radius 2 is 1.91 bits per heavy atom. The number of rotatable bonds is 8. The maximum atomic E-state index is 11.7. The minimum Gasteiger partial charge on any atom is -0.497 e. The van der Waals surface area contributed by atoms with Crippen LogP contribution in [0.4, 0.5) is 0 Å². The molecule has 0 saturated heterocycles. The summed E-state index contributed by atoms with van der Waals surface area (Å²) >= 11 is 1.70. The third kappa shape index (κ3) is 6.22. The van der Waals surface area contributed by atoms with Gasteiger partial charge in [0.25, 0.3) is 0 Å². The van der Waals surface area contributed by atoms with E-state index in [1.165, 1.54) is 4.88 Å². The standard InChI is InChI=1S/C17H22N2O2S.ClH/c1-18-11-3-4-17(20)19-12-15-9-10-16(22-15)13-5-7-14(21-2)8-6-13;/h5-10,18H,3-4,11-12H2,1-2H3,(H,19,20);1H. The Labute approximate surface area is 147 Å². The number of carbonyl (C=O) groups is 1. The van der Waals surface area contributed by atoms with Crippen LogP contribution in [-0.2, 0) is 11.3 Å². The maximum absolute atomic E-state index is 11.7. The number of thiophene rings is 1. The zero-order valence-corrected chi connectivity index (χ0v) is 15.1. The Kier molecular flexibility index (Phi) is 8.69. The highest BCUT2D eigenvalue weighted by molar-refractivity contribution is 7.15. The van der Waals surface area contributed by atoms with Crippen molar-refractivity contribution in [3.63, 3.8) is 0 Å². The number of hydrogen-bond acceptors (Lipinski definition) is 4. The minimum absolute atomic E-state index is 0. The molecular formula is C17H23ClN2O2S. The van der Waals surface area contributed by atoms with Gasteiger partial charge in [-0.15, -0.1) is 23.7 Å². The first kappa shape index (κ1) is 19.5. The summed E-state index contributed by atoms with van der Waals surface area (Å²) < 4.78 is 5.17. The van der Waals surface area contributed by atoms with Gasteiger partial charge in [-0.25, -0.2) is 0 Å². The summed E-state index contributed by atoms with van der Waals surface area (Å²) in [5, 5.41) is 6.00. The number of nitrogens with one attached hydrogen (secondary N) is 2. The van der Waals surface area contributed by atoms with Crippen LogP contribution in [0, 0.1) is 0 Å². The van der Waals surface area contributed by atoms with Gasteiger partial charge in [0.15, 0.2) is 0 Å². The summed E-state index contributed by atoms with van der Waals surface area (Å²) in [6.07, 6.45) is 1.43. The number of ether oxygens (including phenoxy) is 1. The Bertz CT molecular complexity index is 599. The van der Waals surface area contributed by atoms with Crippen LogP contribution in [0.2, 0.25) is 0 Å². The fraction of sp³-hybridized carbons (Fsp3) is 0.353. The van der Waals surface area contributed by atoms with E-state index in [2.05, 4.69) is 22.8 Å². The molecule has 0 spiro atoms. The van der Waals surface area contributed by atoms with E-state index < -0.39 is 0 Å². The van der Waals surface area contributed by atoms with Crippen LogP contribution in [0.5, 0.6) is 5.75 Å². The number of hydrogen-bond donors (Lipinski definition) is 2. The smallest absolute Gasteiger partial charge is 0.220 e. The van der Waals surface area contributed by atoms with Crippen LogP contribution >= 0.6 is 23.7 Å². The first-order valence-electron chi connectivity index (χ1n) is 7.37. The molecule has 1 heterocycles. The van der Waals surface area contributed by atoms with Crippen molar-refractivity contribution >= 4 is 29.7 Å². The molecule has 0 aliphatic rings. The van der Waals surface area contributed by atoms with Crippen molar-refractivity contribution in [2.45, 2.75) is 19.4 Å². The quantitative estimate of drug-likeness (QED) is 0.714. The molecule has 0 aliphatic heterocycles. The maximum Gasteiger partial charge on any atom is 0.220 e. The van der Waals surface area contributed by atoms with E-state index in [0.717, 1.165) is 29.2 Å². The molecule has 0 bridgehead atoms. The second-order valence-corrected chi connectivity index (χ2v) is 6.15. The number of methoxy groups -OCH3 is 1. The number of halogens is 1. The molecular weight excluding hydrogens is 332 g/mol. The fourth-order valence-electron chi connectivity index (χ4n) is 2.08. The van der Waals surface area contributed by atoms with Gasteiger partial charge in [-0.3, -0.25) is 4.79 Å². The molecule has 0 fully saturated rings. The van der Waals surface area contributed by atoms with E-state index >= 15 is 0 Å². The molecule has 0 saturated carbocycles. The molecule has 0 radical (unpaired) electrons. The van der Waals surface area contributed by atoms with Crippen molar-refractivity contribution in [2.75, 3.05) is 20.7 Å². The van der Waals surface area contributed by atoms with Crippen LogP contribution in [0.3, 0.4) is 0 Å². The van der Waals surface area contributed by atoms with Crippen molar-refractivity contribution in [3.05, 3.63) is 41.3 Å². The molecule has 1 amide bonds. The lowest BCUT2D eigenvalue weighted by Crippen LogP contribution is -2.23. The number of carbonyl (C=O) groups excluding carboxylic acids is 1. The van der Waals surface area contributed by atoms with E-state index in [1.54, 1.807) is 18.4 Å². The molecule has 6 heteroatoms. The van der Waals surface area contributed by atoms with Crippen molar-refractivity contribution < 1.29 is 9.53 Å². The van der Waals surface area contributed by atoms with Crippen LogP contribution in [0.15, 0.2) is 36.4 Å². The molecule has 4 nitrogen and oxygen atoms in total. The second-order valence-electron chi connectivity index (χ2n) is 4.98. The molecule has 2 aromatic rings. The number of benzene rings is 1. The summed E-state index contributed by atoms with van der Waals surface area (Å²) in [6, 6.07) is 12.2. The van der Waals surface area contributed by atoms with Gasteiger partial charge in [0.2, 0.25) is 5.91 Å². The Morgan fingerprint density at radius 1 is 1.17 bits per heavy atom. The van der Waals surface area contributed by atoms with Crippen LogP contribution in [-0.4, -0.2) is 26.6 Å². The van der Waals surface area contributed by atoms with Crippen LogP contribution in [0.25, 0.3) is 10.4 Å². The van der Waals surface area contributed by atoms with Gasteiger partial charge >= 0.3 is 0 Å². The molecule has 23 heavy (non-hydrogen) atoms. The molecule has 126 valence electrons. The highest BCUT2D eigenvalue weighted by Gasteiger charge is 2.05. The Morgan fingerprint density at radius 3 is 2.57 bits per heavy atom. The highest BCUT2D eigenvalue weighted by Crippen LogP contribution is 2.29. The predicted octanol–water partition coefficient (Wildman–Crippen LogP) is 3.46. The average molecular weight is 355 g/mol. The summed E-state index contributed by atoms with van der Waals surface area (Å²) in [6.45, 7) is 1.47. The molecule has 1 aromatic carbocycles. The van der Waals surface area contributed by atoms with E-state index in [9.17, 15) is 4.79 Å². The Hall–Kier alpha value is -1.56. The lowest BCUT2D eigenvalue weighted by molar-refractivity contribution is -0.121. The van der Waals surface area contributed by atoms with E-state index in [4.69, 9.17) is 4.74 Å². The average Bonchev–Trinajstić information content (AvgIpc) is 3.02. The van der Waals surface area contributed by atoms with Gasteiger partial charge in [0.05, 0.1) is 13.7 Å². The van der Waals surface area contributed by atoms with Crippen LogP contribution < -0.4 is 15.4 Å². The number of amides is 1. The van der Waals surface area contributed by atoms with E-state index in [-0.39, 0.29) is 18.3 Å². The SMILES string of the molecule is CNCCCC(=O)NCc1ccc(-c2ccc(OC)cc2)s1.Cl. The zero-order chi connectivity index (χ0) is 15.8. The molecule has 0 atom stereocenters. The topological polar surface area (TPSA) is 50.4 Å². The highest BCUT2D eigenvalue weighted by atomic mass is 35.5. The summed E-state index contributed by atoms with van der Waals surface area (Å²) in [5.74, 6) is 0.962. The first-order valence-corrected chi connectivity index (χ1v) is 8.19. The summed E-state index contributed by atoms with van der Waals surface area (Å²) in [5.41, 5.74) is 1.16. The molecule has 2 N–H and O–H groups in total. The van der Waals surface area contributed by atoms with Gasteiger partial charge in [0, 0.05) is 16.2 Å². The van der Waals surface area contributed by atoms with Gasteiger partial charge in [0.1, 0.15) is 5.75 Å². The molecule has 0 aliphatic carbocycles. The normalized spacial score (nSPS) is 10.0. The molecule has 2 rings (SSSR count). The summed E-state index contributed by atoms with van der Waals surface area (Å²) in [4.78, 5) is 14.0. The van der Waals surface area contributed by atoms with Crippen molar-refractivity contribution in [3.8, 4) is 16.2 Å². The Balaban J connectivity index is 0.00000264. The van der Waals surface area contributed by atoms with Crippen molar-refractivity contribution in [2.24, 2.45) is 0 Å². The third-order valence-electron chi connectivity index (χ3n) is 3.33. The van der Waals surface area contributed by atoms with E-state index in [0.29, 0.717) is 13.0 Å². The zero-order valence-electron chi connectivity index (χ0n) is 13.4. The lowest BCUT2D eigenvalue weighted by Gasteiger charge is -2.03. The molecule has 0 unspecified atom stereocenters. The fourth-order valence-corrected chi connectivity index (χ4v) is 3.04. The van der Waals surface area contributed by atoms with Crippen molar-refractivity contribution in [1.82, 2.24) is 10.6 Å². The monoisotopic (exact) mass is 354 g/mol. The lowest BCUT2D eigenvalue weighted by atomic mass is 10.2. The van der Waals surface area contributed by atoms with Gasteiger partial charge in [-0.05, 0) is 62.0 Å². The second kappa shape index (κ2) is 10.3. The van der Waals surface area contributed by atoms with E-state index in [1.807, 2.05) is 31.3 Å². The predicted molar refractivity (Wildman–Crippen MR) is 98.6 cm³/mol. The van der Waals surface area contributed by atoms with Crippen LogP contribution in [0.1, 0.15) is 17.7 Å². The largest absolute Gasteiger partial charge is 0.497 e. The van der Waals surface area contributed by atoms with Gasteiger partial charge in [-0.2, -0.15) is 0 Å². The third-order valence-corrected chi connectivity index (χ3v) is 4.46. The first-order chi connectivity index (χ1) is 10.7.